The zero-order valence-electron chi connectivity index (χ0n) is 19.6. The van der Waals surface area contributed by atoms with Crippen molar-refractivity contribution in [3.63, 3.8) is 0 Å². The second-order valence-corrected chi connectivity index (χ2v) is 10.7. The molecule has 11 nitrogen and oxygen atoms in total. The third-order valence-corrected chi connectivity index (χ3v) is 6.70. The number of aromatic amines is 1. The van der Waals surface area contributed by atoms with Gasteiger partial charge in [-0.1, -0.05) is 29.3 Å². The van der Waals surface area contributed by atoms with Crippen molar-refractivity contribution >= 4 is 61.7 Å². The molecule has 2 heterocycles. The highest BCUT2D eigenvalue weighted by molar-refractivity contribution is 7.89. The Bertz CT molecular complexity index is 1710. The number of benzene rings is 2. The zero-order valence-corrected chi connectivity index (χ0v) is 22.0. The van der Waals surface area contributed by atoms with Crippen molar-refractivity contribution in [1.82, 2.24) is 19.7 Å². The fourth-order valence-corrected chi connectivity index (χ4v) is 5.02. The van der Waals surface area contributed by atoms with E-state index in [4.69, 9.17) is 28.3 Å². The molecule has 0 saturated heterocycles. The van der Waals surface area contributed by atoms with Crippen molar-refractivity contribution in [3.05, 3.63) is 67.9 Å². The SMILES string of the molecule is CC(=O)Nc1cc(Cc2nc3c(c(N(C)C)nn3-c3c(Cl)cc(S(N)(=O)=O)cc3Cl)c(=O)[nH]2)ccc1F. The molecule has 0 aliphatic carbocycles. The first-order valence-electron chi connectivity index (χ1n) is 10.5. The van der Waals surface area contributed by atoms with Gasteiger partial charge in [0.1, 0.15) is 22.7 Å². The van der Waals surface area contributed by atoms with Crippen LogP contribution in [-0.4, -0.2) is 48.2 Å². The van der Waals surface area contributed by atoms with E-state index in [0.29, 0.717) is 5.56 Å². The van der Waals surface area contributed by atoms with Crippen molar-refractivity contribution in [2.75, 3.05) is 24.3 Å². The molecule has 37 heavy (non-hydrogen) atoms. The van der Waals surface area contributed by atoms with E-state index in [1.807, 2.05) is 0 Å². The molecule has 4 N–H and O–H groups in total. The van der Waals surface area contributed by atoms with E-state index in [1.54, 1.807) is 19.0 Å². The minimum Gasteiger partial charge on any atom is -0.361 e. The lowest BCUT2D eigenvalue weighted by molar-refractivity contribution is -0.114. The van der Waals surface area contributed by atoms with E-state index in [-0.39, 0.29) is 55.4 Å². The molecule has 4 rings (SSSR count). The summed E-state index contributed by atoms with van der Waals surface area (Å²) in [5.74, 6) is -0.589. The smallest absolute Gasteiger partial charge is 0.264 e. The molecule has 0 fully saturated rings. The first kappa shape index (κ1) is 26.5. The van der Waals surface area contributed by atoms with E-state index < -0.39 is 27.3 Å². The maximum absolute atomic E-state index is 14.1. The van der Waals surface area contributed by atoms with E-state index in [1.165, 1.54) is 29.8 Å². The number of carbonyl (C=O) groups is 1. The van der Waals surface area contributed by atoms with E-state index in [0.717, 1.165) is 12.1 Å². The van der Waals surface area contributed by atoms with Crippen LogP contribution in [0.1, 0.15) is 18.3 Å². The van der Waals surface area contributed by atoms with Crippen LogP contribution in [0.5, 0.6) is 0 Å². The second kappa shape index (κ2) is 9.74. The number of halogens is 3. The summed E-state index contributed by atoms with van der Waals surface area (Å²) in [5, 5.41) is 12.0. The van der Waals surface area contributed by atoms with Gasteiger partial charge in [-0.2, -0.15) is 0 Å². The number of rotatable bonds is 6. The predicted molar refractivity (Wildman–Crippen MR) is 139 cm³/mol. The molecule has 0 bridgehead atoms. The van der Waals surface area contributed by atoms with Crippen LogP contribution < -0.4 is 20.9 Å². The van der Waals surface area contributed by atoms with E-state index in [2.05, 4.69) is 20.4 Å². The summed E-state index contributed by atoms with van der Waals surface area (Å²) in [6.07, 6.45) is 0.0757. The van der Waals surface area contributed by atoms with Crippen molar-refractivity contribution in [3.8, 4) is 5.69 Å². The van der Waals surface area contributed by atoms with Gasteiger partial charge < -0.3 is 15.2 Å². The highest BCUT2D eigenvalue weighted by Gasteiger charge is 2.24. The summed E-state index contributed by atoms with van der Waals surface area (Å²) < 4.78 is 38.9. The van der Waals surface area contributed by atoms with Crippen molar-refractivity contribution in [1.29, 1.82) is 0 Å². The van der Waals surface area contributed by atoms with Gasteiger partial charge in [0.2, 0.25) is 15.9 Å². The van der Waals surface area contributed by atoms with E-state index >= 15 is 0 Å². The molecular formula is C22H20Cl2FN7O4S. The molecule has 0 unspecified atom stereocenters. The van der Waals surface area contributed by atoms with Gasteiger partial charge in [0.15, 0.2) is 11.5 Å². The van der Waals surface area contributed by atoms with Gasteiger partial charge in [-0.05, 0) is 29.8 Å². The topological polar surface area (TPSA) is 156 Å². The number of nitrogens with two attached hydrogens (primary N) is 1. The quantitative estimate of drug-likeness (QED) is 0.323. The number of nitrogens with one attached hydrogen (secondary N) is 2. The average Bonchev–Trinajstić information content (AvgIpc) is 3.15. The Kier molecular flexibility index (Phi) is 6.99. The van der Waals surface area contributed by atoms with Crippen LogP contribution in [0, 0.1) is 5.82 Å². The molecule has 0 saturated carbocycles. The number of primary sulfonamides is 1. The highest BCUT2D eigenvalue weighted by Crippen LogP contribution is 2.34. The van der Waals surface area contributed by atoms with Crippen LogP contribution in [0.2, 0.25) is 10.0 Å². The number of hydrogen-bond acceptors (Lipinski definition) is 7. The summed E-state index contributed by atoms with van der Waals surface area (Å²) in [6, 6.07) is 6.36. The number of nitrogens with zero attached hydrogens (tertiary/aromatic N) is 4. The summed E-state index contributed by atoms with van der Waals surface area (Å²) >= 11 is 12.8. The second-order valence-electron chi connectivity index (χ2n) is 8.29. The minimum absolute atomic E-state index is 0.0122. The Morgan fingerprint density at radius 1 is 1.22 bits per heavy atom. The number of H-pyrrole nitrogens is 1. The van der Waals surface area contributed by atoms with Gasteiger partial charge in [-0.15, -0.1) is 5.10 Å². The molecule has 15 heteroatoms. The number of sulfonamides is 1. The Morgan fingerprint density at radius 3 is 2.43 bits per heavy atom. The van der Waals surface area contributed by atoms with Crippen LogP contribution in [0.15, 0.2) is 40.0 Å². The minimum atomic E-state index is -4.09. The third kappa shape index (κ3) is 5.30. The summed E-state index contributed by atoms with van der Waals surface area (Å²) in [5.41, 5.74) is 0.223. The standard InChI is InChI=1S/C22H20Cl2FN7O4S/c1-10(33)27-16-6-11(4-5-15(16)25)7-17-28-20-18(22(34)29-17)21(31(2)3)30-32(20)19-13(23)8-12(9-14(19)24)37(26,35)36/h4-6,8-9H,7H2,1-3H3,(H,27,33)(H2,26,35,36)(H,28,29,34). The normalized spacial score (nSPS) is 11.6. The lowest BCUT2D eigenvalue weighted by Gasteiger charge is -2.11. The largest absolute Gasteiger partial charge is 0.361 e. The molecule has 4 aromatic rings. The van der Waals surface area contributed by atoms with Gasteiger partial charge >= 0.3 is 0 Å². The Hall–Kier alpha value is -3.52. The molecule has 0 aliphatic heterocycles. The lowest BCUT2D eigenvalue weighted by Crippen LogP contribution is -2.16. The fourth-order valence-electron chi connectivity index (χ4n) is 3.68. The monoisotopic (exact) mass is 567 g/mol. The molecule has 0 radical (unpaired) electrons. The molecule has 0 aliphatic rings. The molecule has 1 amide bonds. The Morgan fingerprint density at radius 2 is 1.86 bits per heavy atom. The van der Waals surface area contributed by atoms with E-state index in [9.17, 15) is 22.4 Å². The number of anilines is 2. The van der Waals surface area contributed by atoms with Gasteiger partial charge in [0, 0.05) is 27.4 Å². The molecule has 194 valence electrons. The number of aromatic nitrogens is 4. The summed E-state index contributed by atoms with van der Waals surface area (Å²) in [4.78, 5) is 33.1. The van der Waals surface area contributed by atoms with Gasteiger partial charge in [0.05, 0.1) is 20.6 Å². The zero-order chi connectivity index (χ0) is 27.2. The van der Waals surface area contributed by atoms with Gasteiger partial charge in [-0.3, -0.25) is 9.59 Å². The van der Waals surface area contributed by atoms with Crippen LogP contribution in [-0.2, 0) is 21.2 Å². The number of carbonyl (C=O) groups excluding carboxylic acids is 1. The van der Waals surface area contributed by atoms with Crippen molar-refractivity contribution in [2.45, 2.75) is 18.2 Å². The first-order valence-corrected chi connectivity index (χ1v) is 12.8. The van der Waals surface area contributed by atoms with Crippen LogP contribution in [0.25, 0.3) is 16.7 Å². The van der Waals surface area contributed by atoms with Crippen LogP contribution in [0.3, 0.4) is 0 Å². The molecule has 2 aromatic heterocycles. The summed E-state index contributed by atoms with van der Waals surface area (Å²) in [7, 11) is -0.739. The molecule has 2 aromatic carbocycles. The van der Waals surface area contributed by atoms with Gasteiger partial charge in [0.25, 0.3) is 5.56 Å². The van der Waals surface area contributed by atoms with Crippen LogP contribution >= 0.6 is 23.2 Å². The molecule has 0 spiro atoms. The highest BCUT2D eigenvalue weighted by atomic mass is 35.5. The van der Waals surface area contributed by atoms with Crippen molar-refractivity contribution in [2.24, 2.45) is 5.14 Å². The Balaban J connectivity index is 1.91. The summed E-state index contributed by atoms with van der Waals surface area (Å²) in [6.45, 7) is 1.26. The van der Waals surface area contributed by atoms with Crippen LogP contribution in [0.4, 0.5) is 15.9 Å². The van der Waals surface area contributed by atoms with Crippen molar-refractivity contribution < 1.29 is 17.6 Å². The number of hydrogen-bond donors (Lipinski definition) is 3. The average molecular weight is 568 g/mol. The maximum Gasteiger partial charge on any atom is 0.264 e. The Labute approximate surface area is 220 Å². The van der Waals surface area contributed by atoms with Gasteiger partial charge in [-0.25, -0.2) is 27.6 Å². The maximum atomic E-state index is 14.1. The number of amides is 1. The third-order valence-electron chi connectivity index (χ3n) is 5.24. The number of fused-ring (bicyclic) bond motifs is 1. The first-order chi connectivity index (χ1) is 17.3. The lowest BCUT2D eigenvalue weighted by atomic mass is 10.1. The fraction of sp³-hybridized carbons (Fsp3) is 0.182. The molecule has 0 atom stereocenters. The predicted octanol–water partition coefficient (Wildman–Crippen LogP) is 2.82. The molecular weight excluding hydrogens is 548 g/mol.